The molecule has 0 amide bonds. The quantitative estimate of drug-likeness (QED) is 0.0268. The average Bonchev–Trinajstić information content (AvgIpc) is 3.25. The number of allylic oxidation sites excluding steroid dienone is 6. The Bertz CT molecular complexity index is 1040. The number of phosphoric ester groups is 1. The highest BCUT2D eigenvalue weighted by molar-refractivity contribution is 7.47. The van der Waals surface area contributed by atoms with Crippen LogP contribution >= 0.6 is 7.82 Å². The highest BCUT2D eigenvalue weighted by Gasteiger charge is 2.25. The Labute approximate surface area is 378 Å². The lowest BCUT2D eigenvalue weighted by Gasteiger charge is -2.20. The van der Waals surface area contributed by atoms with Gasteiger partial charge in [0.1, 0.15) is 6.10 Å². The summed E-state index contributed by atoms with van der Waals surface area (Å²) in [6, 6.07) is 0. The Morgan fingerprint density at radius 2 is 0.869 bits per heavy atom. The molecule has 360 valence electrons. The minimum Gasteiger partial charge on any atom is -0.457 e. The summed E-state index contributed by atoms with van der Waals surface area (Å²) in [5, 5.41) is 0. The molecule has 0 fully saturated rings. The van der Waals surface area contributed by atoms with Crippen molar-refractivity contribution in [2.24, 2.45) is 5.73 Å². The first-order chi connectivity index (χ1) is 29.9. The summed E-state index contributed by atoms with van der Waals surface area (Å²) < 4.78 is 33.6. The molecule has 0 aliphatic rings. The van der Waals surface area contributed by atoms with Crippen LogP contribution in [0.1, 0.15) is 251 Å². The molecule has 0 spiro atoms. The maximum absolute atomic E-state index is 12.6. The zero-order valence-electron chi connectivity index (χ0n) is 40.2. The van der Waals surface area contributed by atoms with Gasteiger partial charge >= 0.3 is 13.8 Å². The molecule has 0 aromatic heterocycles. The van der Waals surface area contributed by atoms with Crippen molar-refractivity contribution in [3.63, 3.8) is 0 Å². The van der Waals surface area contributed by atoms with Gasteiger partial charge < -0.3 is 20.1 Å². The largest absolute Gasteiger partial charge is 0.472 e. The predicted molar refractivity (Wildman–Crippen MR) is 261 cm³/mol. The van der Waals surface area contributed by atoms with E-state index in [2.05, 4.69) is 50.3 Å². The molecule has 2 atom stereocenters. The molecule has 0 rings (SSSR count). The Balaban J connectivity index is 3.91. The summed E-state index contributed by atoms with van der Waals surface area (Å²) in [6.45, 7) is 4.93. The zero-order chi connectivity index (χ0) is 44.4. The molecule has 0 heterocycles. The van der Waals surface area contributed by atoms with Crippen molar-refractivity contribution in [2.45, 2.75) is 258 Å². The number of ether oxygens (including phenoxy) is 2. The van der Waals surface area contributed by atoms with Gasteiger partial charge in [-0.05, 0) is 70.6 Å². The number of phosphoric acid groups is 1. The second-order valence-corrected chi connectivity index (χ2v) is 18.8. The van der Waals surface area contributed by atoms with Crippen LogP contribution in [0.5, 0.6) is 0 Å². The van der Waals surface area contributed by atoms with Gasteiger partial charge in [0.15, 0.2) is 0 Å². The highest BCUT2D eigenvalue weighted by Crippen LogP contribution is 2.43. The smallest absolute Gasteiger partial charge is 0.457 e. The maximum atomic E-state index is 12.6. The van der Waals surface area contributed by atoms with Crippen LogP contribution in [-0.2, 0) is 27.9 Å². The highest BCUT2D eigenvalue weighted by atomic mass is 31.2. The normalized spacial score (nSPS) is 13.6. The van der Waals surface area contributed by atoms with Crippen molar-refractivity contribution in [3.05, 3.63) is 36.5 Å². The first-order valence-corrected chi connectivity index (χ1v) is 27.5. The van der Waals surface area contributed by atoms with Crippen molar-refractivity contribution >= 4 is 13.8 Å². The van der Waals surface area contributed by atoms with Crippen LogP contribution < -0.4 is 5.73 Å². The Kier molecular flexibility index (Phi) is 48.7. The maximum Gasteiger partial charge on any atom is 0.472 e. The number of nitrogens with two attached hydrogens (primary N) is 1. The van der Waals surface area contributed by atoms with E-state index in [1.807, 2.05) is 0 Å². The van der Waals surface area contributed by atoms with Crippen molar-refractivity contribution in [3.8, 4) is 0 Å². The van der Waals surface area contributed by atoms with Crippen LogP contribution in [0.25, 0.3) is 0 Å². The molecule has 0 aromatic rings. The molecule has 0 saturated carbocycles. The number of carbonyl (C=O) groups excluding carboxylic acids is 1. The Hall–Kier alpha value is -1.28. The van der Waals surface area contributed by atoms with E-state index >= 15 is 0 Å². The lowest BCUT2D eigenvalue weighted by molar-refractivity contribution is -0.154. The first-order valence-electron chi connectivity index (χ1n) is 26.0. The van der Waals surface area contributed by atoms with Crippen molar-refractivity contribution < 1.29 is 32.8 Å². The first kappa shape index (κ1) is 59.7. The molecule has 8 nitrogen and oxygen atoms in total. The monoisotopic (exact) mass is 882 g/mol. The lowest BCUT2D eigenvalue weighted by Crippen LogP contribution is -2.28. The number of esters is 1. The number of rotatable bonds is 50. The van der Waals surface area contributed by atoms with Crippen LogP contribution in [0.2, 0.25) is 0 Å². The SMILES string of the molecule is CCCCCC/C=C\C/C=C\CCCCCCCCCC(=O)OC(COCCCCCCCCCCCCCC/C=C\CCCCCCCCCC)COP(=O)(O)OCCN. The van der Waals surface area contributed by atoms with Gasteiger partial charge in [0, 0.05) is 19.6 Å². The third-order valence-corrected chi connectivity index (χ3v) is 12.3. The van der Waals surface area contributed by atoms with E-state index in [-0.39, 0.29) is 32.3 Å². The second-order valence-electron chi connectivity index (χ2n) is 17.4. The van der Waals surface area contributed by atoms with Crippen LogP contribution in [-0.4, -0.2) is 49.9 Å². The minimum atomic E-state index is -4.28. The molecule has 61 heavy (non-hydrogen) atoms. The molecular formula is C52H100NO7P. The van der Waals surface area contributed by atoms with Crippen LogP contribution in [0.15, 0.2) is 36.5 Å². The molecule has 9 heteroatoms. The van der Waals surface area contributed by atoms with Crippen molar-refractivity contribution in [1.29, 1.82) is 0 Å². The summed E-state index contributed by atoms with van der Waals surface area (Å²) in [7, 11) is -4.28. The van der Waals surface area contributed by atoms with Gasteiger partial charge in [-0.25, -0.2) is 4.57 Å². The van der Waals surface area contributed by atoms with E-state index in [0.29, 0.717) is 13.0 Å². The number of unbranched alkanes of at least 4 members (excludes halogenated alkanes) is 31. The van der Waals surface area contributed by atoms with E-state index in [0.717, 1.165) is 44.9 Å². The average molecular weight is 882 g/mol. The Morgan fingerprint density at radius 3 is 1.31 bits per heavy atom. The van der Waals surface area contributed by atoms with E-state index in [9.17, 15) is 14.3 Å². The summed E-state index contributed by atoms with van der Waals surface area (Å²) in [6.07, 6.45) is 58.9. The molecule has 2 unspecified atom stereocenters. The molecule has 0 radical (unpaired) electrons. The van der Waals surface area contributed by atoms with Gasteiger partial charge in [0.25, 0.3) is 0 Å². The molecule has 0 aromatic carbocycles. The van der Waals surface area contributed by atoms with E-state index in [1.54, 1.807) is 0 Å². The molecule has 0 aliphatic heterocycles. The topological polar surface area (TPSA) is 117 Å². The van der Waals surface area contributed by atoms with Crippen LogP contribution in [0, 0.1) is 0 Å². The summed E-state index contributed by atoms with van der Waals surface area (Å²) >= 11 is 0. The van der Waals surface area contributed by atoms with Crippen LogP contribution in [0.4, 0.5) is 0 Å². The van der Waals surface area contributed by atoms with Gasteiger partial charge in [-0.2, -0.15) is 0 Å². The van der Waals surface area contributed by atoms with Gasteiger partial charge in [0.05, 0.1) is 19.8 Å². The van der Waals surface area contributed by atoms with Gasteiger partial charge in [0.2, 0.25) is 0 Å². The predicted octanol–water partition coefficient (Wildman–Crippen LogP) is 16.1. The standard InChI is InChI=1S/C52H100NO7P/c1-3-5-7-9-11-13-15-17-19-21-23-24-25-26-27-28-30-32-34-36-38-40-42-44-47-57-49-51(50-59-61(55,56)58-48-46-53)60-52(54)45-43-41-39-37-35-33-31-29-22-20-18-16-14-12-10-8-6-4-2/h14,16,20-23,51H,3-13,15,17-19,24-50,53H2,1-2H3,(H,55,56)/b16-14-,22-20-,23-21-. The summed E-state index contributed by atoms with van der Waals surface area (Å²) in [5.41, 5.74) is 5.39. The van der Waals surface area contributed by atoms with Gasteiger partial charge in [-0.15, -0.1) is 0 Å². The fourth-order valence-electron chi connectivity index (χ4n) is 7.44. The number of hydrogen-bond donors (Lipinski definition) is 2. The zero-order valence-corrected chi connectivity index (χ0v) is 41.1. The molecule has 0 saturated heterocycles. The molecule has 0 bridgehead atoms. The Morgan fingerprint density at radius 1 is 0.492 bits per heavy atom. The van der Waals surface area contributed by atoms with Crippen molar-refractivity contribution in [1.82, 2.24) is 0 Å². The second kappa shape index (κ2) is 49.7. The van der Waals surface area contributed by atoms with Crippen LogP contribution in [0.3, 0.4) is 0 Å². The van der Waals surface area contributed by atoms with Gasteiger partial charge in [-0.3, -0.25) is 13.8 Å². The minimum absolute atomic E-state index is 0.0965. The van der Waals surface area contributed by atoms with E-state index in [1.165, 1.54) is 186 Å². The molecule has 3 N–H and O–H groups in total. The van der Waals surface area contributed by atoms with E-state index in [4.69, 9.17) is 24.3 Å². The number of hydrogen-bond acceptors (Lipinski definition) is 7. The number of carbonyl (C=O) groups is 1. The molecular weight excluding hydrogens is 782 g/mol. The third-order valence-electron chi connectivity index (χ3n) is 11.3. The summed E-state index contributed by atoms with van der Waals surface area (Å²) in [5.74, 6) is -0.335. The van der Waals surface area contributed by atoms with Crippen molar-refractivity contribution in [2.75, 3.05) is 33.0 Å². The summed E-state index contributed by atoms with van der Waals surface area (Å²) in [4.78, 5) is 22.6. The fourth-order valence-corrected chi connectivity index (χ4v) is 8.20. The lowest BCUT2D eigenvalue weighted by atomic mass is 10.0. The molecule has 0 aliphatic carbocycles. The van der Waals surface area contributed by atoms with Gasteiger partial charge in [-0.1, -0.05) is 211 Å². The fraction of sp³-hybridized carbons (Fsp3) is 0.865. The van der Waals surface area contributed by atoms with E-state index < -0.39 is 13.9 Å². The third kappa shape index (κ3) is 49.6.